The molecule has 0 bridgehead atoms. The van der Waals surface area contributed by atoms with Crippen LogP contribution in [0.1, 0.15) is 0 Å². The van der Waals surface area contributed by atoms with Gasteiger partial charge in [-0.3, -0.25) is 0 Å². The predicted molar refractivity (Wildman–Crippen MR) is 44.3 cm³/mol. The van der Waals surface area contributed by atoms with Gasteiger partial charge < -0.3 is 5.11 Å². The zero-order valence-corrected chi connectivity index (χ0v) is 7.06. The second-order valence-electron chi connectivity index (χ2n) is 2.39. The van der Waals surface area contributed by atoms with Crippen molar-refractivity contribution in [3.63, 3.8) is 0 Å². The van der Waals surface area contributed by atoms with Gasteiger partial charge in [-0.15, -0.1) is 5.75 Å². The lowest BCUT2D eigenvalue weighted by molar-refractivity contribution is -0.268. The molecule has 0 aliphatic heterocycles. The molecule has 1 nitrogen and oxygen atoms in total. The first-order chi connectivity index (χ1) is 4.70. The molecule has 54 valence electrons. The van der Waals surface area contributed by atoms with Gasteiger partial charge in [-0.05, 0) is 18.6 Å². The van der Waals surface area contributed by atoms with E-state index in [9.17, 15) is 5.11 Å². The Bertz CT molecular complexity index is 220. The molecule has 10 heavy (non-hydrogen) atoms. The van der Waals surface area contributed by atoms with E-state index < -0.39 is 0 Å². The van der Waals surface area contributed by atoms with E-state index in [4.69, 9.17) is 0 Å². The maximum atomic E-state index is 10.8. The summed E-state index contributed by atoms with van der Waals surface area (Å²) in [6.07, 6.45) is 0. The smallest absolute Gasteiger partial charge is 0.0252 e. The van der Waals surface area contributed by atoms with E-state index in [2.05, 4.69) is 13.3 Å². The summed E-state index contributed by atoms with van der Waals surface area (Å²) in [6.45, 7) is 4.29. The molecule has 0 aromatic heterocycles. The Hall–Kier alpha value is -0.550. The Morgan fingerprint density at radius 3 is 2.40 bits per heavy atom. The largest absolute Gasteiger partial charge is 0.872 e. The van der Waals surface area contributed by atoms with Crippen LogP contribution in [-0.2, 0) is 0 Å². The average Bonchev–Trinajstić information content (AvgIpc) is 1.88. The summed E-state index contributed by atoms with van der Waals surface area (Å²) in [5.41, 5.74) is 0. The molecule has 0 aliphatic rings. The lowest BCUT2D eigenvalue weighted by Crippen LogP contribution is -2.00. The monoisotopic (exact) mass is 153 g/mol. The number of hydrogen-bond acceptors (Lipinski definition) is 1. The molecule has 0 radical (unpaired) electrons. The van der Waals surface area contributed by atoms with Gasteiger partial charge in [-0.2, -0.15) is 0 Å². The Morgan fingerprint density at radius 1 is 1.30 bits per heavy atom. The summed E-state index contributed by atoms with van der Waals surface area (Å²) in [4.78, 5) is 0. The third kappa shape index (κ3) is 1.71. The lowest BCUT2D eigenvalue weighted by Gasteiger charge is -2.09. The highest BCUT2D eigenvalue weighted by molar-refractivity contribution is 7.64. The summed E-state index contributed by atoms with van der Waals surface area (Å²) in [5.74, 6) is 0.119. The van der Waals surface area contributed by atoms with E-state index >= 15 is 0 Å². The lowest BCUT2D eigenvalue weighted by atomic mass is 10.3. The molecule has 1 rings (SSSR count). The van der Waals surface area contributed by atoms with E-state index in [-0.39, 0.29) is 13.7 Å². The van der Waals surface area contributed by atoms with Crippen molar-refractivity contribution in [2.45, 2.75) is 0 Å². The molecule has 1 aromatic carbocycles. The molecule has 0 saturated heterocycles. The summed E-state index contributed by atoms with van der Waals surface area (Å²) >= 11 is 0. The second kappa shape index (κ2) is 3.03. The first kappa shape index (κ1) is 7.56. The van der Waals surface area contributed by atoms with E-state index in [1.807, 2.05) is 12.1 Å². The summed E-state index contributed by atoms with van der Waals surface area (Å²) in [6, 6.07) is 7.13. The van der Waals surface area contributed by atoms with Gasteiger partial charge in [0.25, 0.3) is 0 Å². The molecular weight excluding hydrogens is 143 g/mol. The highest BCUT2D eigenvalue weighted by atomic mass is 31.1. The van der Waals surface area contributed by atoms with Crippen molar-refractivity contribution in [2.75, 3.05) is 13.3 Å². The van der Waals surface area contributed by atoms with Gasteiger partial charge in [-0.1, -0.05) is 32.2 Å². The topological polar surface area (TPSA) is 23.1 Å². The minimum absolute atomic E-state index is 0.112. The van der Waals surface area contributed by atoms with Gasteiger partial charge in [-0.25, -0.2) is 0 Å². The zero-order valence-electron chi connectivity index (χ0n) is 6.16. The van der Waals surface area contributed by atoms with Gasteiger partial charge in [0, 0.05) is 0 Å². The molecule has 2 heteroatoms. The third-order valence-corrected chi connectivity index (χ3v) is 2.64. The maximum Gasteiger partial charge on any atom is -0.0252 e. The van der Waals surface area contributed by atoms with Crippen molar-refractivity contribution in [1.82, 2.24) is 0 Å². The fourth-order valence-corrected chi connectivity index (χ4v) is 1.53. The summed E-state index contributed by atoms with van der Waals surface area (Å²) in [7, 11) is -0.112. The Kier molecular flexibility index (Phi) is 2.29. The zero-order chi connectivity index (χ0) is 7.56. The van der Waals surface area contributed by atoms with Crippen molar-refractivity contribution < 1.29 is 5.11 Å². The first-order valence-electron chi connectivity index (χ1n) is 3.14. The Labute approximate surface area is 62.5 Å². The molecule has 0 spiro atoms. The van der Waals surface area contributed by atoms with Crippen LogP contribution in [-0.4, -0.2) is 13.3 Å². The highest BCUT2D eigenvalue weighted by Gasteiger charge is 1.93. The van der Waals surface area contributed by atoms with Gasteiger partial charge in [0.05, 0.1) is 0 Å². The summed E-state index contributed by atoms with van der Waals surface area (Å²) in [5, 5.41) is 12.0. The van der Waals surface area contributed by atoms with Crippen molar-refractivity contribution >= 4 is 13.2 Å². The minimum Gasteiger partial charge on any atom is -0.872 e. The van der Waals surface area contributed by atoms with E-state index in [0.717, 1.165) is 0 Å². The quantitative estimate of drug-likeness (QED) is 0.554. The van der Waals surface area contributed by atoms with Crippen LogP contribution in [0, 0.1) is 0 Å². The third-order valence-electron chi connectivity index (χ3n) is 1.33. The van der Waals surface area contributed by atoms with E-state index in [1.165, 1.54) is 5.30 Å². The molecule has 0 N–H and O–H groups in total. The summed E-state index contributed by atoms with van der Waals surface area (Å²) < 4.78 is 0. The molecule has 0 heterocycles. The Balaban J connectivity index is 2.96. The number of hydrogen-bond donors (Lipinski definition) is 0. The molecule has 0 aliphatic carbocycles. The molecule has 0 amide bonds. The van der Waals surface area contributed by atoms with Crippen molar-refractivity contribution in [1.29, 1.82) is 0 Å². The molecule has 1 aromatic rings. The van der Waals surface area contributed by atoms with Crippen LogP contribution in [0.4, 0.5) is 0 Å². The van der Waals surface area contributed by atoms with Crippen LogP contribution in [0.15, 0.2) is 24.3 Å². The van der Waals surface area contributed by atoms with Crippen LogP contribution in [0.2, 0.25) is 0 Å². The van der Waals surface area contributed by atoms with Gasteiger partial charge in [0.15, 0.2) is 0 Å². The van der Waals surface area contributed by atoms with Crippen LogP contribution < -0.4 is 10.4 Å². The Morgan fingerprint density at radius 2 is 2.00 bits per heavy atom. The molecule has 0 fully saturated rings. The molecular formula is C8H10OP-. The highest BCUT2D eigenvalue weighted by Crippen LogP contribution is 2.23. The normalized spacial score (nSPS) is 10.3. The van der Waals surface area contributed by atoms with Gasteiger partial charge in [0.1, 0.15) is 0 Å². The standard InChI is InChI=1S/C8H11OP/c1-10(2)8-5-3-4-7(9)6-8/h3-6,9H,1-2H3/p-1. The van der Waals surface area contributed by atoms with Crippen molar-refractivity contribution in [3.8, 4) is 5.75 Å². The van der Waals surface area contributed by atoms with Gasteiger partial charge in [0.2, 0.25) is 0 Å². The molecule has 0 saturated carbocycles. The SMILES string of the molecule is CP(C)c1cccc([O-])c1. The van der Waals surface area contributed by atoms with Crippen molar-refractivity contribution in [3.05, 3.63) is 24.3 Å². The van der Waals surface area contributed by atoms with Crippen LogP contribution in [0.3, 0.4) is 0 Å². The first-order valence-corrected chi connectivity index (χ1v) is 5.38. The average molecular weight is 153 g/mol. The van der Waals surface area contributed by atoms with Crippen LogP contribution in [0.5, 0.6) is 5.75 Å². The maximum absolute atomic E-state index is 10.8. The second-order valence-corrected chi connectivity index (χ2v) is 4.70. The fourth-order valence-electron chi connectivity index (χ4n) is 0.762. The molecule has 0 unspecified atom stereocenters. The van der Waals surface area contributed by atoms with Gasteiger partial charge >= 0.3 is 0 Å². The van der Waals surface area contributed by atoms with E-state index in [0.29, 0.717) is 0 Å². The number of rotatable bonds is 1. The van der Waals surface area contributed by atoms with Crippen LogP contribution in [0.25, 0.3) is 0 Å². The predicted octanol–water partition coefficient (Wildman–Crippen LogP) is 1.13. The van der Waals surface area contributed by atoms with Crippen molar-refractivity contribution in [2.24, 2.45) is 0 Å². The number of benzene rings is 1. The minimum atomic E-state index is -0.112. The van der Waals surface area contributed by atoms with Crippen LogP contribution >= 0.6 is 7.92 Å². The van der Waals surface area contributed by atoms with E-state index in [1.54, 1.807) is 12.1 Å². The molecule has 0 atom stereocenters. The fraction of sp³-hybridized carbons (Fsp3) is 0.250.